The molecule has 1 N–H and O–H groups in total. The fraction of sp³-hybridized carbons (Fsp3) is 0.478. The Kier molecular flexibility index (Phi) is 9.40. The van der Waals surface area contributed by atoms with E-state index in [2.05, 4.69) is 10.3 Å². The second kappa shape index (κ2) is 11.8. The highest BCUT2D eigenvalue weighted by Crippen LogP contribution is 2.29. The minimum atomic E-state index is -0.272. The van der Waals surface area contributed by atoms with E-state index in [1.165, 1.54) is 0 Å². The van der Waals surface area contributed by atoms with Crippen LogP contribution in [0.5, 0.6) is 5.75 Å². The quantitative estimate of drug-likeness (QED) is 0.282. The van der Waals surface area contributed by atoms with Crippen molar-refractivity contribution in [2.75, 3.05) is 32.9 Å². The number of nitrogens with zero attached hydrogens (tertiary/aromatic N) is 1. The number of hydrogen-bond acceptors (Lipinski definition) is 6. The molecule has 0 spiro atoms. The lowest BCUT2D eigenvalue weighted by molar-refractivity contribution is -0.138. The maximum absolute atomic E-state index is 12.2. The van der Waals surface area contributed by atoms with Crippen LogP contribution >= 0.6 is 11.6 Å². The van der Waals surface area contributed by atoms with Crippen molar-refractivity contribution in [1.82, 2.24) is 5.32 Å². The summed E-state index contributed by atoms with van der Waals surface area (Å²) in [7, 11) is 0. The number of benzene rings is 1. The summed E-state index contributed by atoms with van der Waals surface area (Å²) in [6, 6.07) is 3.91. The van der Waals surface area contributed by atoms with Gasteiger partial charge in [-0.1, -0.05) is 17.7 Å². The van der Waals surface area contributed by atoms with Crippen LogP contribution in [0.2, 0.25) is 5.02 Å². The third-order valence-corrected chi connectivity index (χ3v) is 4.95. The second-order valence-electron chi connectivity index (χ2n) is 7.15. The molecule has 1 aromatic carbocycles. The molecule has 0 saturated carbocycles. The second-order valence-corrected chi connectivity index (χ2v) is 7.56. The highest BCUT2D eigenvalue weighted by Gasteiger charge is 2.20. The van der Waals surface area contributed by atoms with Crippen LogP contribution < -0.4 is 10.1 Å². The van der Waals surface area contributed by atoms with E-state index in [-0.39, 0.29) is 5.97 Å². The van der Waals surface area contributed by atoms with Crippen molar-refractivity contribution in [2.45, 2.75) is 41.0 Å². The van der Waals surface area contributed by atoms with E-state index in [1.54, 1.807) is 20.0 Å². The number of nitrogens with one attached hydrogen (secondary N) is 1. The number of aliphatic imine (C=N–C) groups is 1. The summed E-state index contributed by atoms with van der Waals surface area (Å²) in [5.74, 6) is 0.934. The Balaban J connectivity index is 1.93. The summed E-state index contributed by atoms with van der Waals surface area (Å²) in [4.78, 5) is 16.6. The summed E-state index contributed by atoms with van der Waals surface area (Å²) >= 11 is 6.25. The monoisotopic (exact) mass is 434 g/mol. The highest BCUT2D eigenvalue weighted by atomic mass is 35.5. The molecule has 0 fully saturated rings. The maximum atomic E-state index is 12.2. The SMILES string of the molecule is CCOC(=O)C1=C(/C(C)=C/N=C(C)OCCOc2c(C)cc(C)cc2Cl)CCNC1. The standard InChI is InChI=1S/C23H31ClN2O4/c1-6-28-23(27)20-14-25-8-7-19(20)17(4)13-26-18(5)29-9-10-30-22-16(3)11-15(2)12-21(22)24/h11-13,25H,6-10,14H2,1-5H3/b17-13+,26-18?. The fourth-order valence-electron chi connectivity index (χ4n) is 3.25. The van der Waals surface area contributed by atoms with Gasteiger partial charge in [0, 0.05) is 19.7 Å². The first-order valence-corrected chi connectivity index (χ1v) is 10.5. The molecule has 0 aliphatic carbocycles. The number of allylic oxidation sites excluding steroid dienone is 1. The van der Waals surface area contributed by atoms with Crippen molar-refractivity contribution in [3.05, 3.63) is 51.2 Å². The Bertz CT molecular complexity index is 836. The van der Waals surface area contributed by atoms with Gasteiger partial charge in [-0.2, -0.15) is 0 Å². The number of esters is 1. The van der Waals surface area contributed by atoms with E-state index in [1.807, 2.05) is 32.9 Å². The summed E-state index contributed by atoms with van der Waals surface area (Å²) in [6.07, 6.45) is 2.49. The Morgan fingerprint density at radius 3 is 2.67 bits per heavy atom. The molecule has 0 aromatic heterocycles. The Hall–Kier alpha value is -2.31. The van der Waals surface area contributed by atoms with E-state index in [9.17, 15) is 4.79 Å². The Morgan fingerprint density at radius 2 is 1.97 bits per heavy atom. The van der Waals surface area contributed by atoms with Gasteiger partial charge in [0.15, 0.2) is 5.90 Å². The average Bonchev–Trinajstić information content (AvgIpc) is 2.70. The Labute approximate surface area is 184 Å². The minimum absolute atomic E-state index is 0.272. The third kappa shape index (κ3) is 6.89. The van der Waals surface area contributed by atoms with Crippen molar-refractivity contribution in [2.24, 2.45) is 4.99 Å². The lowest BCUT2D eigenvalue weighted by Gasteiger charge is -2.20. The average molecular weight is 435 g/mol. The van der Waals surface area contributed by atoms with Gasteiger partial charge in [0.2, 0.25) is 0 Å². The summed E-state index contributed by atoms with van der Waals surface area (Å²) < 4.78 is 16.6. The third-order valence-electron chi connectivity index (χ3n) is 4.67. The van der Waals surface area contributed by atoms with Crippen LogP contribution in [0.1, 0.15) is 38.3 Å². The molecule has 0 amide bonds. The van der Waals surface area contributed by atoms with Crippen LogP contribution in [-0.4, -0.2) is 44.8 Å². The molecule has 1 aromatic rings. The summed E-state index contributed by atoms with van der Waals surface area (Å²) in [5.41, 5.74) is 4.68. The van der Waals surface area contributed by atoms with Gasteiger partial charge in [0.1, 0.15) is 19.0 Å². The molecular formula is C23H31ClN2O4. The highest BCUT2D eigenvalue weighted by molar-refractivity contribution is 6.32. The van der Waals surface area contributed by atoms with Crippen LogP contribution in [0.3, 0.4) is 0 Å². The zero-order chi connectivity index (χ0) is 22.1. The molecule has 0 unspecified atom stereocenters. The van der Waals surface area contributed by atoms with Crippen LogP contribution in [0.4, 0.5) is 0 Å². The van der Waals surface area contributed by atoms with Crippen molar-refractivity contribution < 1.29 is 19.0 Å². The largest absolute Gasteiger partial charge is 0.488 e. The molecule has 1 aliphatic rings. The molecule has 7 heteroatoms. The van der Waals surface area contributed by atoms with E-state index in [0.29, 0.717) is 48.6 Å². The molecule has 164 valence electrons. The van der Waals surface area contributed by atoms with E-state index < -0.39 is 0 Å². The molecular weight excluding hydrogens is 404 g/mol. The summed E-state index contributed by atoms with van der Waals surface area (Å²) in [6.45, 7) is 11.9. The zero-order valence-electron chi connectivity index (χ0n) is 18.4. The number of halogens is 1. The maximum Gasteiger partial charge on any atom is 0.335 e. The Morgan fingerprint density at radius 1 is 1.20 bits per heavy atom. The fourth-order valence-corrected chi connectivity index (χ4v) is 3.63. The van der Waals surface area contributed by atoms with Gasteiger partial charge < -0.3 is 19.5 Å². The van der Waals surface area contributed by atoms with Gasteiger partial charge in [-0.25, -0.2) is 9.79 Å². The van der Waals surface area contributed by atoms with E-state index in [0.717, 1.165) is 35.2 Å². The number of ether oxygens (including phenoxy) is 3. The van der Waals surface area contributed by atoms with Crippen molar-refractivity contribution in [1.29, 1.82) is 0 Å². The van der Waals surface area contributed by atoms with Gasteiger partial charge in [-0.15, -0.1) is 0 Å². The first-order chi connectivity index (χ1) is 14.3. The van der Waals surface area contributed by atoms with Crippen LogP contribution in [-0.2, 0) is 14.3 Å². The zero-order valence-corrected chi connectivity index (χ0v) is 19.2. The lowest BCUT2D eigenvalue weighted by Crippen LogP contribution is -2.30. The molecule has 30 heavy (non-hydrogen) atoms. The van der Waals surface area contributed by atoms with Crippen LogP contribution in [0.15, 0.2) is 40.0 Å². The van der Waals surface area contributed by atoms with Crippen molar-refractivity contribution in [3.63, 3.8) is 0 Å². The summed E-state index contributed by atoms with van der Waals surface area (Å²) in [5, 5.41) is 3.81. The van der Waals surface area contributed by atoms with Crippen LogP contribution in [0, 0.1) is 13.8 Å². The smallest absolute Gasteiger partial charge is 0.335 e. The topological polar surface area (TPSA) is 69.2 Å². The lowest BCUT2D eigenvalue weighted by atomic mass is 9.95. The molecule has 0 radical (unpaired) electrons. The van der Waals surface area contributed by atoms with Gasteiger partial charge in [0.05, 0.1) is 17.2 Å². The molecule has 1 heterocycles. The van der Waals surface area contributed by atoms with Gasteiger partial charge in [-0.05, 0) is 69.0 Å². The molecule has 2 rings (SSSR count). The van der Waals surface area contributed by atoms with Gasteiger partial charge in [0.25, 0.3) is 0 Å². The number of rotatable bonds is 8. The van der Waals surface area contributed by atoms with Crippen molar-refractivity contribution in [3.8, 4) is 5.75 Å². The van der Waals surface area contributed by atoms with E-state index >= 15 is 0 Å². The van der Waals surface area contributed by atoms with Gasteiger partial charge >= 0.3 is 5.97 Å². The minimum Gasteiger partial charge on any atom is -0.488 e. The van der Waals surface area contributed by atoms with Gasteiger partial charge in [-0.3, -0.25) is 0 Å². The molecule has 0 atom stereocenters. The normalized spacial score (nSPS) is 15.3. The predicted octanol–water partition coefficient (Wildman–Crippen LogP) is 4.53. The molecule has 0 saturated heterocycles. The van der Waals surface area contributed by atoms with Crippen molar-refractivity contribution >= 4 is 23.5 Å². The molecule has 6 nitrogen and oxygen atoms in total. The number of carbonyl (C=O) groups excluding carboxylic acids is 1. The van der Waals surface area contributed by atoms with Crippen LogP contribution in [0.25, 0.3) is 0 Å². The first kappa shape index (κ1) is 24.0. The molecule has 0 bridgehead atoms. The first-order valence-electron chi connectivity index (χ1n) is 10.2. The predicted molar refractivity (Wildman–Crippen MR) is 120 cm³/mol. The number of aryl methyl sites for hydroxylation is 2. The number of carbonyl (C=O) groups is 1. The van der Waals surface area contributed by atoms with E-state index in [4.69, 9.17) is 25.8 Å². The molecule has 1 aliphatic heterocycles. The number of hydrogen-bond donors (Lipinski definition) is 1.